The summed E-state index contributed by atoms with van der Waals surface area (Å²) in [4.78, 5) is 3.44. The van der Waals surface area contributed by atoms with Crippen LogP contribution in [0.15, 0.2) is 71.6 Å². The number of likely N-dealkylation sites (tertiary alicyclic amines) is 1. The number of fused-ring (bicyclic) bond motifs is 1. The van der Waals surface area contributed by atoms with E-state index in [1.807, 2.05) is 30.3 Å². The van der Waals surface area contributed by atoms with Crippen LogP contribution in [0.4, 0.5) is 0 Å². The molecule has 1 saturated heterocycles. The van der Waals surface area contributed by atoms with E-state index in [9.17, 15) is 10.2 Å². The molecule has 2 aliphatic rings. The van der Waals surface area contributed by atoms with Gasteiger partial charge in [0, 0.05) is 12.6 Å². The second-order valence-electron chi connectivity index (χ2n) is 9.59. The number of phenolic OH excluding ortho intramolecular Hbond substituents is 2. The van der Waals surface area contributed by atoms with Gasteiger partial charge in [-0.3, -0.25) is 4.90 Å². The first-order valence-corrected chi connectivity index (χ1v) is 13.3. The summed E-state index contributed by atoms with van der Waals surface area (Å²) >= 11 is 1.66. The minimum atomic E-state index is -0.217. The standard InChI is InChI=1S/C29H33NO4S/c1-3-20-14-15-30(17-20)19(2)18-33-25-11-6-21(7-12-25)28-29(22-4-8-23(31)9-5-22)35-27-16-24(32)10-13-26(27)34-28/h4-13,16,19-20,28-29,31-32H,3,14-15,17-18H2,1-2H3/t19-,20+,28-,29+/m0/s1. The fourth-order valence-corrected chi connectivity index (χ4v) is 6.23. The highest BCUT2D eigenvalue weighted by atomic mass is 32.2. The smallest absolute Gasteiger partial charge is 0.140 e. The summed E-state index contributed by atoms with van der Waals surface area (Å²) in [5.41, 5.74) is 2.11. The van der Waals surface area contributed by atoms with Gasteiger partial charge in [-0.05, 0) is 79.4 Å². The van der Waals surface area contributed by atoms with Crippen molar-refractivity contribution in [1.29, 1.82) is 0 Å². The maximum absolute atomic E-state index is 9.96. The predicted molar refractivity (Wildman–Crippen MR) is 140 cm³/mol. The lowest BCUT2D eigenvalue weighted by atomic mass is 10.00. The van der Waals surface area contributed by atoms with Crippen LogP contribution in [-0.4, -0.2) is 40.9 Å². The van der Waals surface area contributed by atoms with Crippen molar-refractivity contribution in [1.82, 2.24) is 4.90 Å². The molecule has 0 aromatic heterocycles. The summed E-state index contributed by atoms with van der Waals surface area (Å²) in [6, 6.07) is 21.1. The van der Waals surface area contributed by atoms with Gasteiger partial charge in [0.1, 0.15) is 35.7 Å². The second kappa shape index (κ2) is 10.4. The Morgan fingerprint density at radius 3 is 2.43 bits per heavy atom. The van der Waals surface area contributed by atoms with E-state index in [0.717, 1.165) is 40.0 Å². The largest absolute Gasteiger partial charge is 0.508 e. The van der Waals surface area contributed by atoms with Crippen LogP contribution in [0.2, 0.25) is 0 Å². The quantitative estimate of drug-likeness (QED) is 0.390. The molecular formula is C29H33NO4S. The zero-order valence-electron chi connectivity index (χ0n) is 20.3. The topological polar surface area (TPSA) is 62.2 Å². The third-order valence-corrected chi connectivity index (χ3v) is 8.50. The minimum absolute atomic E-state index is 0.0293. The molecule has 6 heteroatoms. The number of thioether (sulfide) groups is 1. The highest BCUT2D eigenvalue weighted by Crippen LogP contribution is 2.54. The van der Waals surface area contributed by atoms with E-state index in [1.54, 1.807) is 36.0 Å². The molecule has 0 saturated carbocycles. The van der Waals surface area contributed by atoms with Crippen LogP contribution in [0.5, 0.6) is 23.0 Å². The van der Waals surface area contributed by atoms with Gasteiger partial charge in [0.15, 0.2) is 0 Å². The summed E-state index contributed by atoms with van der Waals surface area (Å²) in [6.07, 6.45) is 2.33. The normalized spacial score (nSPS) is 22.9. The lowest BCUT2D eigenvalue weighted by Gasteiger charge is -2.34. The molecule has 184 valence electrons. The average Bonchev–Trinajstić information content (AvgIpc) is 3.37. The molecule has 0 spiro atoms. The Kier molecular flexibility index (Phi) is 7.12. The van der Waals surface area contributed by atoms with Crippen molar-refractivity contribution in [2.24, 2.45) is 5.92 Å². The monoisotopic (exact) mass is 491 g/mol. The molecule has 1 fully saturated rings. The van der Waals surface area contributed by atoms with Gasteiger partial charge in [-0.15, -0.1) is 11.8 Å². The summed E-state index contributed by atoms with van der Waals surface area (Å²) in [5.74, 6) is 2.90. The van der Waals surface area contributed by atoms with Crippen LogP contribution in [-0.2, 0) is 0 Å². The molecule has 5 rings (SSSR count). The van der Waals surface area contributed by atoms with E-state index in [1.165, 1.54) is 19.4 Å². The average molecular weight is 492 g/mol. The highest BCUT2D eigenvalue weighted by molar-refractivity contribution is 7.99. The van der Waals surface area contributed by atoms with Crippen LogP contribution in [0.1, 0.15) is 49.2 Å². The number of phenols is 2. The Bertz CT molecular complexity index is 1130. The van der Waals surface area contributed by atoms with Crippen molar-refractivity contribution in [3.63, 3.8) is 0 Å². The molecular weight excluding hydrogens is 458 g/mol. The molecule has 2 heterocycles. The van der Waals surface area contributed by atoms with Crippen molar-refractivity contribution < 1.29 is 19.7 Å². The summed E-state index contributed by atoms with van der Waals surface area (Å²) in [5, 5.41) is 19.7. The fraction of sp³-hybridized carbons (Fsp3) is 0.379. The molecule has 0 aliphatic carbocycles. The van der Waals surface area contributed by atoms with Crippen LogP contribution < -0.4 is 9.47 Å². The molecule has 3 aromatic carbocycles. The van der Waals surface area contributed by atoms with Gasteiger partial charge in [0.05, 0.1) is 10.1 Å². The first-order valence-electron chi connectivity index (χ1n) is 12.4. The number of hydrogen-bond donors (Lipinski definition) is 2. The third-order valence-electron chi connectivity index (χ3n) is 7.15. The molecule has 0 radical (unpaired) electrons. The molecule has 0 unspecified atom stereocenters. The van der Waals surface area contributed by atoms with E-state index in [2.05, 4.69) is 30.9 Å². The highest BCUT2D eigenvalue weighted by Gasteiger charge is 2.34. The molecule has 35 heavy (non-hydrogen) atoms. The van der Waals surface area contributed by atoms with Crippen molar-refractivity contribution in [2.45, 2.75) is 49.0 Å². The van der Waals surface area contributed by atoms with Crippen molar-refractivity contribution in [3.05, 3.63) is 77.9 Å². The van der Waals surface area contributed by atoms with Crippen molar-refractivity contribution in [2.75, 3.05) is 19.7 Å². The Balaban J connectivity index is 1.31. The molecule has 2 aliphatic heterocycles. The molecule has 0 bridgehead atoms. The van der Waals surface area contributed by atoms with E-state index in [-0.39, 0.29) is 22.9 Å². The third kappa shape index (κ3) is 5.39. The van der Waals surface area contributed by atoms with E-state index in [0.29, 0.717) is 12.6 Å². The van der Waals surface area contributed by atoms with Crippen molar-refractivity contribution in [3.8, 4) is 23.0 Å². The fourth-order valence-electron chi connectivity index (χ4n) is 4.91. The lowest BCUT2D eigenvalue weighted by Crippen LogP contribution is -2.35. The Hall–Kier alpha value is -2.83. The Morgan fingerprint density at radius 2 is 1.71 bits per heavy atom. The zero-order chi connectivity index (χ0) is 24.4. The Labute approximate surface area is 211 Å². The van der Waals surface area contributed by atoms with Crippen LogP contribution >= 0.6 is 11.8 Å². The van der Waals surface area contributed by atoms with Gasteiger partial charge in [-0.2, -0.15) is 0 Å². The summed E-state index contributed by atoms with van der Waals surface area (Å²) in [7, 11) is 0. The van der Waals surface area contributed by atoms with Crippen LogP contribution in [0.3, 0.4) is 0 Å². The molecule has 0 amide bonds. The minimum Gasteiger partial charge on any atom is -0.508 e. The van der Waals surface area contributed by atoms with Crippen molar-refractivity contribution >= 4 is 11.8 Å². The van der Waals surface area contributed by atoms with Gasteiger partial charge < -0.3 is 19.7 Å². The number of hydrogen-bond acceptors (Lipinski definition) is 6. The van der Waals surface area contributed by atoms with Crippen LogP contribution in [0.25, 0.3) is 0 Å². The molecule has 5 nitrogen and oxygen atoms in total. The van der Waals surface area contributed by atoms with Crippen LogP contribution in [0, 0.1) is 5.92 Å². The molecule has 4 atom stereocenters. The van der Waals surface area contributed by atoms with E-state index in [4.69, 9.17) is 9.47 Å². The summed E-state index contributed by atoms with van der Waals surface area (Å²) < 4.78 is 12.6. The van der Waals surface area contributed by atoms with Gasteiger partial charge in [-0.1, -0.05) is 37.6 Å². The Morgan fingerprint density at radius 1 is 1.00 bits per heavy atom. The maximum Gasteiger partial charge on any atom is 0.140 e. The number of nitrogens with zero attached hydrogens (tertiary/aromatic N) is 1. The number of benzene rings is 3. The SMILES string of the molecule is CC[C@@H]1CCN([C@@H](C)COc2ccc([C@@H]3Oc4ccc(O)cc4S[C@@H]3c3ccc(O)cc3)cc2)C1. The lowest BCUT2D eigenvalue weighted by molar-refractivity contribution is 0.167. The van der Waals surface area contributed by atoms with Gasteiger partial charge in [-0.25, -0.2) is 0 Å². The first-order chi connectivity index (χ1) is 17.0. The molecule has 2 N–H and O–H groups in total. The van der Waals surface area contributed by atoms with Gasteiger partial charge in [0.2, 0.25) is 0 Å². The van der Waals surface area contributed by atoms with E-state index >= 15 is 0 Å². The predicted octanol–water partition coefficient (Wildman–Crippen LogP) is 6.56. The number of aromatic hydroxyl groups is 2. The van der Waals surface area contributed by atoms with Gasteiger partial charge >= 0.3 is 0 Å². The molecule has 3 aromatic rings. The first kappa shape index (κ1) is 23.9. The van der Waals surface area contributed by atoms with E-state index < -0.39 is 0 Å². The number of rotatable bonds is 7. The maximum atomic E-state index is 9.96. The zero-order valence-corrected chi connectivity index (χ0v) is 21.1. The second-order valence-corrected chi connectivity index (χ2v) is 10.8. The number of ether oxygens (including phenoxy) is 2. The summed E-state index contributed by atoms with van der Waals surface area (Å²) in [6.45, 7) is 7.54. The van der Waals surface area contributed by atoms with Gasteiger partial charge in [0.25, 0.3) is 0 Å².